The average molecular weight is 398 g/mol. The van der Waals surface area contributed by atoms with E-state index in [0.29, 0.717) is 18.0 Å². The lowest BCUT2D eigenvalue weighted by Gasteiger charge is -2.42. The van der Waals surface area contributed by atoms with Crippen LogP contribution in [0, 0.1) is 11.3 Å². The van der Waals surface area contributed by atoms with Gasteiger partial charge in [-0.3, -0.25) is 9.69 Å². The van der Waals surface area contributed by atoms with E-state index in [9.17, 15) is 9.59 Å². The maximum absolute atomic E-state index is 13.3. The second-order valence-electron chi connectivity index (χ2n) is 10.0. The molecule has 2 aliphatic carbocycles. The van der Waals surface area contributed by atoms with Crippen molar-refractivity contribution in [2.45, 2.75) is 77.3 Å². The standard InChI is InChI=1S/C24H35N3O2/c1-5-23(2,3)18-12-14-24(15-13-18)21(28)27(22(29)25-24)16-26(4)20-11-10-17-8-6-7-9-19(17)20/h6-9,18,20H,5,10-16H2,1-4H3,(H,25,29). The number of amides is 3. The molecule has 1 aromatic rings. The molecule has 1 N–H and O–H groups in total. The molecule has 1 spiro atoms. The van der Waals surface area contributed by atoms with Gasteiger partial charge in [0, 0.05) is 6.04 Å². The molecule has 5 heteroatoms. The van der Waals surface area contributed by atoms with Gasteiger partial charge in [0.25, 0.3) is 5.91 Å². The zero-order chi connectivity index (χ0) is 20.8. The van der Waals surface area contributed by atoms with Gasteiger partial charge in [0.15, 0.2) is 0 Å². The summed E-state index contributed by atoms with van der Waals surface area (Å²) in [5, 5.41) is 3.08. The van der Waals surface area contributed by atoms with Crippen LogP contribution >= 0.6 is 0 Å². The summed E-state index contributed by atoms with van der Waals surface area (Å²) >= 11 is 0. The Hall–Kier alpha value is -1.88. The van der Waals surface area contributed by atoms with Crippen LogP contribution in [0.25, 0.3) is 0 Å². The smallest absolute Gasteiger partial charge is 0.323 e. The van der Waals surface area contributed by atoms with Crippen molar-refractivity contribution in [1.29, 1.82) is 0 Å². The molecule has 3 aliphatic rings. The minimum Gasteiger partial charge on any atom is -0.323 e. The summed E-state index contributed by atoms with van der Waals surface area (Å²) in [5.74, 6) is 0.600. The molecule has 3 amide bonds. The number of urea groups is 1. The minimum absolute atomic E-state index is 0.0200. The maximum atomic E-state index is 13.3. The quantitative estimate of drug-likeness (QED) is 0.745. The lowest BCUT2D eigenvalue weighted by Crippen LogP contribution is -2.51. The van der Waals surface area contributed by atoms with Gasteiger partial charge in [0.05, 0.1) is 6.67 Å². The summed E-state index contributed by atoms with van der Waals surface area (Å²) in [7, 11) is 2.03. The van der Waals surface area contributed by atoms with Crippen LogP contribution < -0.4 is 5.32 Å². The summed E-state index contributed by atoms with van der Waals surface area (Å²) in [6.45, 7) is 7.25. The molecular weight excluding hydrogens is 362 g/mol. The fourth-order valence-corrected chi connectivity index (χ4v) is 5.64. The highest BCUT2D eigenvalue weighted by atomic mass is 16.2. The number of hydrogen-bond acceptors (Lipinski definition) is 3. The number of rotatable bonds is 5. The number of carbonyl (C=O) groups excluding carboxylic acids is 2. The Morgan fingerprint density at radius 3 is 2.55 bits per heavy atom. The molecule has 0 radical (unpaired) electrons. The second-order valence-corrected chi connectivity index (χ2v) is 10.0. The molecule has 0 aromatic heterocycles. The van der Waals surface area contributed by atoms with E-state index in [1.165, 1.54) is 16.0 Å². The van der Waals surface area contributed by atoms with Gasteiger partial charge >= 0.3 is 6.03 Å². The molecule has 1 saturated carbocycles. The van der Waals surface area contributed by atoms with Crippen LogP contribution in [0.4, 0.5) is 4.79 Å². The number of aryl methyl sites for hydroxylation is 1. The summed E-state index contributed by atoms with van der Waals surface area (Å²) in [6, 6.07) is 8.56. The third-order valence-corrected chi connectivity index (χ3v) is 8.10. The van der Waals surface area contributed by atoms with Crippen molar-refractivity contribution < 1.29 is 9.59 Å². The summed E-state index contributed by atoms with van der Waals surface area (Å²) < 4.78 is 0. The minimum atomic E-state index is -0.675. The molecule has 29 heavy (non-hydrogen) atoms. The summed E-state index contributed by atoms with van der Waals surface area (Å²) in [5.41, 5.74) is 2.34. The third kappa shape index (κ3) is 3.48. The van der Waals surface area contributed by atoms with Crippen LogP contribution in [0.2, 0.25) is 0 Å². The van der Waals surface area contributed by atoms with E-state index >= 15 is 0 Å². The van der Waals surface area contributed by atoms with E-state index < -0.39 is 5.54 Å². The van der Waals surface area contributed by atoms with Crippen molar-refractivity contribution in [1.82, 2.24) is 15.1 Å². The summed E-state index contributed by atoms with van der Waals surface area (Å²) in [6.07, 6.45) is 6.78. The first-order valence-electron chi connectivity index (χ1n) is 11.2. The van der Waals surface area contributed by atoms with Crippen LogP contribution in [0.15, 0.2) is 24.3 Å². The average Bonchev–Trinajstić information content (AvgIpc) is 3.24. The number of hydrogen-bond donors (Lipinski definition) is 1. The SMILES string of the molecule is CCC(C)(C)C1CCC2(CC1)NC(=O)N(CN(C)C1CCc3ccccc31)C2=O. The molecule has 0 bridgehead atoms. The van der Waals surface area contributed by atoms with Gasteiger partial charge in [-0.15, -0.1) is 0 Å². The van der Waals surface area contributed by atoms with E-state index in [4.69, 9.17) is 0 Å². The van der Waals surface area contributed by atoms with Gasteiger partial charge in [-0.25, -0.2) is 9.69 Å². The molecule has 1 aromatic carbocycles. The van der Waals surface area contributed by atoms with Crippen molar-refractivity contribution >= 4 is 11.9 Å². The fourth-order valence-electron chi connectivity index (χ4n) is 5.64. The second kappa shape index (κ2) is 7.42. The lowest BCUT2D eigenvalue weighted by molar-refractivity contribution is -0.134. The van der Waals surface area contributed by atoms with Crippen molar-refractivity contribution in [2.24, 2.45) is 11.3 Å². The Balaban J connectivity index is 1.43. The number of carbonyl (C=O) groups is 2. The number of nitrogens with zero attached hydrogens (tertiary/aromatic N) is 2. The van der Waals surface area contributed by atoms with E-state index in [0.717, 1.165) is 44.9 Å². The first kappa shape index (κ1) is 20.4. The van der Waals surface area contributed by atoms with Gasteiger partial charge in [-0.2, -0.15) is 0 Å². The molecule has 1 heterocycles. The zero-order valence-electron chi connectivity index (χ0n) is 18.3. The van der Waals surface area contributed by atoms with E-state index in [2.05, 4.69) is 55.3 Å². The maximum Gasteiger partial charge on any atom is 0.326 e. The van der Waals surface area contributed by atoms with Crippen molar-refractivity contribution in [3.05, 3.63) is 35.4 Å². The monoisotopic (exact) mass is 397 g/mol. The number of imide groups is 1. The van der Waals surface area contributed by atoms with Gasteiger partial charge < -0.3 is 5.32 Å². The van der Waals surface area contributed by atoms with Crippen molar-refractivity contribution in [3.8, 4) is 0 Å². The molecule has 5 nitrogen and oxygen atoms in total. The molecule has 1 atom stereocenters. The molecule has 158 valence electrons. The Labute approximate surface area is 174 Å². The first-order valence-corrected chi connectivity index (χ1v) is 11.2. The Kier molecular flexibility index (Phi) is 5.22. The fraction of sp³-hybridized carbons (Fsp3) is 0.667. The number of benzene rings is 1. The molecule has 4 rings (SSSR count). The predicted molar refractivity (Wildman–Crippen MR) is 114 cm³/mol. The summed E-state index contributed by atoms with van der Waals surface area (Å²) in [4.78, 5) is 29.7. The topological polar surface area (TPSA) is 52.7 Å². The zero-order valence-corrected chi connectivity index (χ0v) is 18.3. The normalized spacial score (nSPS) is 29.6. The van der Waals surface area contributed by atoms with Crippen LogP contribution in [-0.2, 0) is 11.2 Å². The number of nitrogens with one attached hydrogen (secondary N) is 1. The molecule has 1 saturated heterocycles. The predicted octanol–water partition coefficient (Wildman–Crippen LogP) is 4.48. The highest BCUT2D eigenvalue weighted by Crippen LogP contribution is 2.45. The Morgan fingerprint density at radius 1 is 1.17 bits per heavy atom. The molecule has 2 fully saturated rings. The Morgan fingerprint density at radius 2 is 1.86 bits per heavy atom. The van der Waals surface area contributed by atoms with E-state index in [-0.39, 0.29) is 18.0 Å². The van der Waals surface area contributed by atoms with Gasteiger partial charge in [0.1, 0.15) is 5.54 Å². The first-order chi connectivity index (χ1) is 13.8. The van der Waals surface area contributed by atoms with Crippen molar-refractivity contribution in [3.63, 3.8) is 0 Å². The Bertz CT molecular complexity index is 795. The van der Waals surface area contributed by atoms with Gasteiger partial charge in [0.2, 0.25) is 0 Å². The molecular formula is C24H35N3O2. The van der Waals surface area contributed by atoms with Crippen LogP contribution in [0.5, 0.6) is 0 Å². The van der Waals surface area contributed by atoms with Gasteiger partial charge in [-0.1, -0.05) is 51.5 Å². The largest absolute Gasteiger partial charge is 0.326 e. The van der Waals surface area contributed by atoms with Crippen LogP contribution in [0.1, 0.15) is 76.5 Å². The number of fused-ring (bicyclic) bond motifs is 1. The lowest BCUT2D eigenvalue weighted by atomic mass is 9.65. The van der Waals surface area contributed by atoms with E-state index in [1.54, 1.807) is 0 Å². The molecule has 1 unspecified atom stereocenters. The third-order valence-electron chi connectivity index (χ3n) is 8.10. The highest BCUT2D eigenvalue weighted by Gasteiger charge is 2.53. The van der Waals surface area contributed by atoms with Crippen LogP contribution in [-0.4, -0.2) is 41.0 Å². The van der Waals surface area contributed by atoms with Crippen LogP contribution in [0.3, 0.4) is 0 Å². The van der Waals surface area contributed by atoms with E-state index in [1.807, 2.05) is 7.05 Å². The van der Waals surface area contributed by atoms with Crippen molar-refractivity contribution in [2.75, 3.05) is 13.7 Å². The highest BCUT2D eigenvalue weighted by molar-refractivity contribution is 6.07. The molecule has 1 aliphatic heterocycles. The van der Waals surface area contributed by atoms with Gasteiger partial charge in [-0.05, 0) is 68.0 Å².